The summed E-state index contributed by atoms with van der Waals surface area (Å²) < 4.78 is 0. The molecule has 1 amide bonds. The third-order valence-corrected chi connectivity index (χ3v) is 6.13. The Morgan fingerprint density at radius 2 is 1.65 bits per heavy atom. The van der Waals surface area contributed by atoms with E-state index in [4.69, 9.17) is 11.6 Å². The highest BCUT2D eigenvalue weighted by Gasteiger charge is 2.42. The quantitative estimate of drug-likeness (QED) is 0.422. The van der Waals surface area contributed by atoms with Gasteiger partial charge >= 0.3 is 0 Å². The number of halogens is 1. The van der Waals surface area contributed by atoms with Crippen molar-refractivity contribution in [3.63, 3.8) is 0 Å². The van der Waals surface area contributed by atoms with Crippen LogP contribution in [-0.4, -0.2) is 21.0 Å². The minimum absolute atomic E-state index is 0.0314. The second kappa shape index (κ2) is 8.05. The smallest absolute Gasteiger partial charge is 0.273 e. The largest absolute Gasteiger partial charge is 0.322 e. The number of nitrogens with zero attached hydrogens (tertiary/aromatic N) is 2. The number of hydrogen-bond donors (Lipinski definition) is 1. The molecule has 0 radical (unpaired) electrons. The fourth-order valence-corrected chi connectivity index (χ4v) is 4.38. The fourth-order valence-electron chi connectivity index (χ4n) is 4.25. The molecule has 1 aromatic heterocycles. The lowest BCUT2D eigenvalue weighted by Crippen LogP contribution is -2.29. The van der Waals surface area contributed by atoms with Crippen molar-refractivity contribution in [1.82, 2.24) is 15.1 Å². The number of carbonyl (C=O) groups is 1. The highest BCUT2D eigenvalue weighted by Crippen LogP contribution is 2.43. The molecule has 5 rings (SSSR count). The number of hydrogen-bond acceptors (Lipinski definition) is 2. The van der Waals surface area contributed by atoms with Crippen LogP contribution in [0.2, 0.25) is 5.02 Å². The van der Waals surface area contributed by atoms with Crippen LogP contribution in [0, 0.1) is 0 Å². The molecule has 5 heteroatoms. The minimum atomic E-state index is -0.210. The first-order valence-electron chi connectivity index (χ1n) is 10.4. The lowest BCUT2D eigenvalue weighted by atomic mass is 9.95. The first-order chi connectivity index (χ1) is 15.2. The molecule has 1 N–H and O–H groups in total. The van der Waals surface area contributed by atoms with Crippen molar-refractivity contribution in [2.75, 3.05) is 0 Å². The Kier molecular flexibility index (Phi) is 5.08. The molecular formula is C26H22ClN3O. The van der Waals surface area contributed by atoms with Crippen LogP contribution in [0.3, 0.4) is 0 Å². The van der Waals surface area contributed by atoms with Crippen molar-refractivity contribution >= 4 is 17.5 Å². The molecule has 1 unspecified atom stereocenters. The van der Waals surface area contributed by atoms with Crippen LogP contribution in [0.5, 0.6) is 0 Å². The molecule has 0 saturated carbocycles. The summed E-state index contributed by atoms with van der Waals surface area (Å²) >= 11 is 6.09. The number of H-pyrrole nitrogens is 1. The number of carbonyl (C=O) groups excluding carboxylic acids is 1. The molecule has 4 aromatic rings. The number of rotatable bonds is 5. The predicted octanol–water partition coefficient (Wildman–Crippen LogP) is 6.04. The second-order valence-corrected chi connectivity index (χ2v) is 8.22. The van der Waals surface area contributed by atoms with E-state index in [1.807, 2.05) is 47.4 Å². The maximum Gasteiger partial charge on any atom is 0.273 e. The molecule has 0 bridgehead atoms. The number of aryl methyl sites for hydroxylation is 1. The molecule has 31 heavy (non-hydrogen) atoms. The normalized spacial score (nSPS) is 15.4. The van der Waals surface area contributed by atoms with Gasteiger partial charge in [-0.05, 0) is 35.2 Å². The summed E-state index contributed by atoms with van der Waals surface area (Å²) in [5.74, 6) is -0.0314. The topological polar surface area (TPSA) is 49.0 Å². The number of fused-ring (bicyclic) bond motifs is 1. The average Bonchev–Trinajstić information content (AvgIpc) is 3.35. The van der Waals surface area contributed by atoms with E-state index >= 15 is 0 Å². The number of aromatic amines is 1. The Balaban J connectivity index is 1.63. The number of amides is 1. The van der Waals surface area contributed by atoms with Crippen LogP contribution >= 0.6 is 11.6 Å². The number of aromatic nitrogens is 2. The highest BCUT2D eigenvalue weighted by atomic mass is 35.5. The first kappa shape index (κ1) is 19.6. The molecule has 3 aromatic carbocycles. The van der Waals surface area contributed by atoms with Gasteiger partial charge in [-0.25, -0.2) is 0 Å². The van der Waals surface area contributed by atoms with E-state index in [1.165, 1.54) is 5.56 Å². The van der Waals surface area contributed by atoms with Crippen LogP contribution in [-0.2, 0) is 13.0 Å². The molecule has 1 atom stereocenters. The molecule has 0 fully saturated rings. The van der Waals surface area contributed by atoms with Gasteiger partial charge in [0.15, 0.2) is 0 Å². The summed E-state index contributed by atoms with van der Waals surface area (Å²) in [6.45, 7) is 2.67. The number of benzene rings is 3. The van der Waals surface area contributed by atoms with Gasteiger partial charge in [0, 0.05) is 22.7 Å². The van der Waals surface area contributed by atoms with E-state index in [9.17, 15) is 4.79 Å². The van der Waals surface area contributed by atoms with Crippen molar-refractivity contribution < 1.29 is 4.79 Å². The third kappa shape index (κ3) is 3.53. The molecular weight excluding hydrogens is 406 g/mol. The third-order valence-electron chi connectivity index (χ3n) is 5.88. The van der Waals surface area contributed by atoms with Gasteiger partial charge in [-0.2, -0.15) is 5.10 Å². The van der Waals surface area contributed by atoms with Crippen molar-refractivity contribution in [3.8, 4) is 11.3 Å². The molecule has 154 valence electrons. The van der Waals surface area contributed by atoms with Crippen molar-refractivity contribution in [2.45, 2.75) is 25.9 Å². The second-order valence-electron chi connectivity index (χ2n) is 7.78. The SMILES string of the molecule is CCc1ccc(C2c3c(-c4ccc(Cl)cc4)n[nH]c3C(=O)N2Cc2ccccc2)cc1. The Morgan fingerprint density at radius 3 is 2.32 bits per heavy atom. The molecule has 0 aliphatic carbocycles. The molecule has 1 aliphatic rings. The zero-order chi connectivity index (χ0) is 21.4. The number of nitrogens with one attached hydrogen (secondary N) is 1. The minimum Gasteiger partial charge on any atom is -0.322 e. The van der Waals surface area contributed by atoms with E-state index in [1.54, 1.807) is 0 Å². The van der Waals surface area contributed by atoms with Crippen LogP contribution < -0.4 is 0 Å². The van der Waals surface area contributed by atoms with Gasteiger partial charge in [-0.1, -0.05) is 85.3 Å². The Hall–Kier alpha value is -3.37. The summed E-state index contributed by atoms with van der Waals surface area (Å²) in [6.07, 6.45) is 0.977. The molecule has 1 aliphatic heterocycles. The van der Waals surface area contributed by atoms with Crippen molar-refractivity contribution in [3.05, 3.63) is 112 Å². The summed E-state index contributed by atoms with van der Waals surface area (Å²) in [4.78, 5) is 15.4. The maximum atomic E-state index is 13.4. The van der Waals surface area contributed by atoms with E-state index in [-0.39, 0.29) is 11.9 Å². The van der Waals surface area contributed by atoms with Gasteiger partial charge in [0.05, 0.1) is 11.7 Å². The summed E-state index contributed by atoms with van der Waals surface area (Å²) in [5, 5.41) is 8.21. The standard InChI is InChI=1S/C26H22ClN3O/c1-2-17-8-10-20(11-9-17)25-22-23(19-12-14-21(27)15-13-19)28-29-24(22)26(31)30(25)16-18-6-4-3-5-7-18/h3-15,25H,2,16H2,1H3,(H,28,29). The maximum absolute atomic E-state index is 13.4. The Labute approximate surface area is 186 Å². The van der Waals surface area contributed by atoms with Crippen LogP contribution in [0.15, 0.2) is 78.9 Å². The fraction of sp³-hybridized carbons (Fsp3) is 0.154. The lowest BCUT2D eigenvalue weighted by molar-refractivity contribution is 0.0730. The van der Waals surface area contributed by atoms with Crippen molar-refractivity contribution in [1.29, 1.82) is 0 Å². The van der Waals surface area contributed by atoms with E-state index < -0.39 is 0 Å². The van der Waals surface area contributed by atoms with Crippen molar-refractivity contribution in [2.24, 2.45) is 0 Å². The lowest BCUT2D eigenvalue weighted by Gasteiger charge is -2.26. The Bertz CT molecular complexity index is 1210. The average molecular weight is 428 g/mol. The van der Waals surface area contributed by atoms with Crippen LogP contribution in [0.25, 0.3) is 11.3 Å². The molecule has 4 nitrogen and oxygen atoms in total. The Morgan fingerprint density at radius 1 is 0.935 bits per heavy atom. The van der Waals surface area contributed by atoms with Gasteiger partial charge in [-0.15, -0.1) is 0 Å². The van der Waals surface area contributed by atoms with E-state index in [0.29, 0.717) is 17.3 Å². The van der Waals surface area contributed by atoms with Gasteiger partial charge in [-0.3, -0.25) is 9.89 Å². The zero-order valence-corrected chi connectivity index (χ0v) is 17.9. The molecule has 0 spiro atoms. The summed E-state index contributed by atoms with van der Waals surface area (Å²) in [6, 6.07) is 26.0. The monoisotopic (exact) mass is 427 g/mol. The van der Waals surface area contributed by atoms with Crippen LogP contribution in [0.1, 0.15) is 45.7 Å². The summed E-state index contributed by atoms with van der Waals surface area (Å²) in [5.41, 5.74) is 6.66. The molecule has 0 saturated heterocycles. The van der Waals surface area contributed by atoms with Gasteiger partial charge in [0.2, 0.25) is 0 Å². The van der Waals surface area contributed by atoms with Gasteiger partial charge in [0.1, 0.15) is 5.69 Å². The van der Waals surface area contributed by atoms with E-state index in [2.05, 4.69) is 53.5 Å². The predicted molar refractivity (Wildman–Crippen MR) is 123 cm³/mol. The zero-order valence-electron chi connectivity index (χ0n) is 17.2. The van der Waals surface area contributed by atoms with Crippen LogP contribution in [0.4, 0.5) is 0 Å². The highest BCUT2D eigenvalue weighted by molar-refractivity contribution is 6.30. The summed E-state index contributed by atoms with van der Waals surface area (Å²) in [7, 11) is 0. The first-order valence-corrected chi connectivity index (χ1v) is 10.8. The molecule has 2 heterocycles. The van der Waals surface area contributed by atoms with Gasteiger partial charge in [0.25, 0.3) is 5.91 Å². The van der Waals surface area contributed by atoms with E-state index in [0.717, 1.165) is 34.4 Å². The van der Waals surface area contributed by atoms with Gasteiger partial charge < -0.3 is 4.90 Å².